The zero-order chi connectivity index (χ0) is 21.7. The van der Waals surface area contributed by atoms with E-state index in [4.69, 9.17) is 4.74 Å². The molecule has 0 heterocycles. The molecule has 1 N–H and O–H groups in total. The van der Waals surface area contributed by atoms with Gasteiger partial charge in [-0.1, -0.05) is 48.0 Å². The van der Waals surface area contributed by atoms with Crippen LogP contribution in [0.1, 0.15) is 21.5 Å². The number of amides is 1. The Morgan fingerprint density at radius 1 is 1.00 bits per heavy atom. The van der Waals surface area contributed by atoms with Crippen molar-refractivity contribution >= 4 is 21.6 Å². The van der Waals surface area contributed by atoms with Gasteiger partial charge in [0, 0.05) is 24.8 Å². The van der Waals surface area contributed by atoms with Crippen LogP contribution in [0, 0.1) is 6.92 Å². The van der Waals surface area contributed by atoms with Crippen molar-refractivity contribution in [3.8, 4) is 5.75 Å². The summed E-state index contributed by atoms with van der Waals surface area (Å²) >= 11 is 0. The first-order valence-corrected chi connectivity index (χ1v) is 10.8. The van der Waals surface area contributed by atoms with Crippen LogP contribution in [0.15, 0.2) is 77.7 Å². The van der Waals surface area contributed by atoms with Crippen LogP contribution in [0.3, 0.4) is 0 Å². The van der Waals surface area contributed by atoms with Gasteiger partial charge >= 0.3 is 0 Å². The Kier molecular flexibility index (Phi) is 6.54. The number of ether oxygens (including phenoxy) is 1. The zero-order valence-corrected chi connectivity index (χ0v) is 17.9. The van der Waals surface area contributed by atoms with Crippen molar-refractivity contribution < 1.29 is 17.9 Å². The summed E-state index contributed by atoms with van der Waals surface area (Å²) < 4.78 is 32.9. The van der Waals surface area contributed by atoms with Crippen molar-refractivity contribution in [2.75, 3.05) is 19.5 Å². The van der Waals surface area contributed by atoms with Gasteiger partial charge in [-0.2, -0.15) is 4.31 Å². The van der Waals surface area contributed by atoms with Gasteiger partial charge in [0.1, 0.15) is 10.6 Å². The van der Waals surface area contributed by atoms with E-state index in [0.29, 0.717) is 5.69 Å². The van der Waals surface area contributed by atoms with Crippen LogP contribution in [0.2, 0.25) is 0 Å². The molecule has 156 valence electrons. The van der Waals surface area contributed by atoms with Crippen LogP contribution in [0.25, 0.3) is 0 Å². The van der Waals surface area contributed by atoms with Crippen LogP contribution < -0.4 is 10.1 Å². The first-order chi connectivity index (χ1) is 14.3. The van der Waals surface area contributed by atoms with Crippen molar-refractivity contribution in [2.45, 2.75) is 18.4 Å². The topological polar surface area (TPSA) is 75.7 Å². The summed E-state index contributed by atoms with van der Waals surface area (Å²) in [6.45, 7) is 2.16. The Bertz CT molecular complexity index is 1130. The fourth-order valence-corrected chi connectivity index (χ4v) is 4.29. The Hall–Kier alpha value is -3.16. The molecule has 0 bridgehead atoms. The number of hydrogen-bond donors (Lipinski definition) is 1. The number of hydrogen-bond acceptors (Lipinski definition) is 4. The first kappa shape index (κ1) is 21.5. The number of nitrogens with zero attached hydrogens (tertiary/aromatic N) is 1. The zero-order valence-electron chi connectivity index (χ0n) is 17.1. The maximum absolute atomic E-state index is 13.2. The number of anilines is 1. The van der Waals surface area contributed by atoms with Gasteiger partial charge in [-0.25, -0.2) is 8.42 Å². The number of rotatable bonds is 7. The number of benzene rings is 3. The monoisotopic (exact) mass is 424 g/mol. The molecule has 3 rings (SSSR count). The summed E-state index contributed by atoms with van der Waals surface area (Å²) in [6, 6.07) is 21.0. The molecule has 7 heteroatoms. The molecule has 6 nitrogen and oxygen atoms in total. The summed E-state index contributed by atoms with van der Waals surface area (Å²) in [4.78, 5) is 12.6. The summed E-state index contributed by atoms with van der Waals surface area (Å²) in [6.07, 6.45) is 0. The lowest BCUT2D eigenvalue weighted by molar-refractivity contribution is 0.102. The average Bonchev–Trinajstić information content (AvgIpc) is 2.75. The Morgan fingerprint density at radius 3 is 2.30 bits per heavy atom. The van der Waals surface area contributed by atoms with E-state index in [1.807, 2.05) is 49.4 Å². The number of methoxy groups -OCH3 is 1. The van der Waals surface area contributed by atoms with Gasteiger partial charge in [0.2, 0.25) is 10.0 Å². The van der Waals surface area contributed by atoms with Crippen LogP contribution >= 0.6 is 0 Å². The molecule has 1 amide bonds. The molecule has 0 radical (unpaired) electrons. The molecule has 3 aromatic carbocycles. The third-order valence-electron chi connectivity index (χ3n) is 4.67. The number of carbonyl (C=O) groups is 1. The number of aryl methyl sites for hydroxylation is 1. The molecule has 3 aromatic rings. The Balaban J connectivity index is 1.89. The number of sulfonamides is 1. The molecular formula is C23H24N2O4S. The molecule has 0 aliphatic carbocycles. The van der Waals surface area contributed by atoms with Crippen molar-refractivity contribution in [2.24, 2.45) is 0 Å². The van der Waals surface area contributed by atoms with Crippen molar-refractivity contribution in [1.82, 2.24) is 4.31 Å². The summed E-state index contributed by atoms with van der Waals surface area (Å²) in [5.74, 6) is -0.217. The highest BCUT2D eigenvalue weighted by Crippen LogP contribution is 2.28. The van der Waals surface area contributed by atoms with Gasteiger partial charge < -0.3 is 10.1 Å². The van der Waals surface area contributed by atoms with E-state index in [2.05, 4.69) is 5.32 Å². The quantitative estimate of drug-likeness (QED) is 0.620. The van der Waals surface area contributed by atoms with E-state index in [-0.39, 0.29) is 22.8 Å². The maximum atomic E-state index is 13.2. The lowest BCUT2D eigenvalue weighted by Crippen LogP contribution is -2.27. The highest BCUT2D eigenvalue weighted by Gasteiger charge is 2.26. The largest absolute Gasteiger partial charge is 0.495 e. The molecule has 0 unspecified atom stereocenters. The van der Waals surface area contributed by atoms with Crippen molar-refractivity contribution in [3.05, 3.63) is 89.5 Å². The predicted octanol–water partition coefficient (Wildman–Crippen LogP) is 4.08. The maximum Gasteiger partial charge on any atom is 0.255 e. The summed E-state index contributed by atoms with van der Waals surface area (Å²) in [5.41, 5.74) is 2.79. The molecule has 0 aliphatic rings. The fraction of sp³-hybridized carbons (Fsp3) is 0.174. The Labute approximate surface area is 177 Å². The van der Waals surface area contributed by atoms with E-state index < -0.39 is 15.9 Å². The van der Waals surface area contributed by atoms with Crippen molar-refractivity contribution in [3.63, 3.8) is 0 Å². The van der Waals surface area contributed by atoms with Crippen LogP contribution in [0.4, 0.5) is 5.69 Å². The lowest BCUT2D eigenvalue weighted by Gasteiger charge is -2.19. The molecule has 0 aliphatic heterocycles. The molecule has 30 heavy (non-hydrogen) atoms. The second-order valence-electron chi connectivity index (χ2n) is 6.93. The third-order valence-corrected chi connectivity index (χ3v) is 6.50. The van der Waals surface area contributed by atoms with Gasteiger partial charge in [0.05, 0.1) is 7.11 Å². The summed E-state index contributed by atoms with van der Waals surface area (Å²) in [5, 5.41) is 2.78. The molecule has 0 spiro atoms. The van der Waals surface area contributed by atoms with E-state index in [0.717, 1.165) is 11.1 Å². The smallest absolute Gasteiger partial charge is 0.255 e. The van der Waals surface area contributed by atoms with Gasteiger partial charge in [-0.3, -0.25) is 4.79 Å². The van der Waals surface area contributed by atoms with Crippen LogP contribution in [0.5, 0.6) is 5.75 Å². The minimum atomic E-state index is -3.89. The van der Waals surface area contributed by atoms with Gasteiger partial charge in [-0.05, 0) is 42.8 Å². The number of nitrogens with one attached hydrogen (secondary N) is 1. The SMILES string of the molecule is COc1ccc(C(=O)Nc2ccc(C)cc2)cc1S(=O)(=O)N(C)Cc1ccccc1. The van der Waals surface area contributed by atoms with Crippen LogP contribution in [-0.4, -0.2) is 32.8 Å². The van der Waals surface area contributed by atoms with Gasteiger partial charge in [-0.15, -0.1) is 0 Å². The number of carbonyl (C=O) groups excluding carboxylic acids is 1. The third kappa shape index (κ3) is 4.87. The summed E-state index contributed by atoms with van der Waals surface area (Å²) in [7, 11) is -0.985. The van der Waals surface area contributed by atoms with E-state index in [1.165, 1.54) is 30.6 Å². The van der Waals surface area contributed by atoms with E-state index in [9.17, 15) is 13.2 Å². The van der Waals surface area contributed by atoms with E-state index >= 15 is 0 Å². The molecular weight excluding hydrogens is 400 g/mol. The van der Waals surface area contributed by atoms with E-state index in [1.54, 1.807) is 18.2 Å². The molecule has 0 saturated heterocycles. The normalized spacial score (nSPS) is 11.3. The highest BCUT2D eigenvalue weighted by molar-refractivity contribution is 7.89. The predicted molar refractivity (Wildman–Crippen MR) is 117 cm³/mol. The standard InChI is InChI=1S/C23H24N2O4S/c1-17-9-12-20(13-10-17)24-23(26)19-11-14-21(29-3)22(15-19)30(27,28)25(2)16-18-7-5-4-6-8-18/h4-15H,16H2,1-3H3,(H,24,26). The molecule has 0 fully saturated rings. The molecule has 0 atom stereocenters. The minimum Gasteiger partial charge on any atom is -0.495 e. The Morgan fingerprint density at radius 2 is 1.67 bits per heavy atom. The van der Waals surface area contributed by atoms with Crippen molar-refractivity contribution in [1.29, 1.82) is 0 Å². The van der Waals surface area contributed by atoms with Gasteiger partial charge in [0.15, 0.2) is 0 Å². The molecule has 0 saturated carbocycles. The highest BCUT2D eigenvalue weighted by atomic mass is 32.2. The first-order valence-electron chi connectivity index (χ1n) is 9.37. The van der Waals surface area contributed by atoms with Crippen LogP contribution in [-0.2, 0) is 16.6 Å². The van der Waals surface area contributed by atoms with Gasteiger partial charge in [0.25, 0.3) is 5.91 Å². The second-order valence-corrected chi connectivity index (χ2v) is 8.95. The lowest BCUT2D eigenvalue weighted by atomic mass is 10.2. The average molecular weight is 425 g/mol. The second kappa shape index (κ2) is 9.11. The minimum absolute atomic E-state index is 0.0556. The fourth-order valence-electron chi connectivity index (χ4n) is 2.95. The molecule has 0 aromatic heterocycles.